The molecule has 1 aromatic heterocycles. The van der Waals surface area contributed by atoms with Gasteiger partial charge in [0.2, 0.25) is 0 Å². The number of aromatic nitrogens is 1. The Morgan fingerprint density at radius 2 is 1.84 bits per heavy atom. The summed E-state index contributed by atoms with van der Waals surface area (Å²) in [7, 11) is 0. The van der Waals surface area contributed by atoms with Gasteiger partial charge in [0.05, 0.1) is 0 Å². The van der Waals surface area contributed by atoms with Crippen LogP contribution in [0.2, 0.25) is 0 Å². The Hall–Kier alpha value is -3.08. The topological polar surface area (TPSA) is 94.3 Å². The van der Waals surface area contributed by atoms with Gasteiger partial charge < -0.3 is 15.8 Å². The van der Waals surface area contributed by atoms with E-state index in [0.29, 0.717) is 0 Å². The molecule has 2 heterocycles. The molecule has 0 bridgehead atoms. The number of nitrogens with zero attached hydrogens (tertiary/aromatic N) is 1. The van der Waals surface area contributed by atoms with Crippen molar-refractivity contribution in [1.29, 1.82) is 0 Å². The van der Waals surface area contributed by atoms with E-state index in [9.17, 15) is 31.5 Å². The van der Waals surface area contributed by atoms with Crippen molar-refractivity contribution in [1.82, 2.24) is 4.98 Å². The number of pyridine rings is 1. The van der Waals surface area contributed by atoms with Gasteiger partial charge in [-0.2, -0.15) is 13.2 Å². The predicted octanol–water partition coefficient (Wildman–Crippen LogP) is 3.54. The normalized spacial score (nSPS) is 26.0. The minimum Gasteiger partial charge on any atom is -0.364 e. The van der Waals surface area contributed by atoms with Crippen molar-refractivity contribution in [2.45, 2.75) is 37.6 Å². The second-order valence-electron chi connectivity index (χ2n) is 7.41. The Morgan fingerprint density at radius 3 is 2.42 bits per heavy atom. The number of anilines is 1. The van der Waals surface area contributed by atoms with E-state index in [1.54, 1.807) is 0 Å². The Morgan fingerprint density at radius 1 is 1.16 bits per heavy atom. The predicted molar refractivity (Wildman–Crippen MR) is 99.0 cm³/mol. The molecule has 1 aromatic carbocycles. The average molecular weight is 443 g/mol. The fourth-order valence-electron chi connectivity index (χ4n) is 3.63. The van der Waals surface area contributed by atoms with E-state index in [-0.39, 0.29) is 16.9 Å². The summed E-state index contributed by atoms with van der Waals surface area (Å²) < 4.78 is 73.7. The van der Waals surface area contributed by atoms with Crippen molar-refractivity contribution in [2.24, 2.45) is 11.7 Å². The summed E-state index contributed by atoms with van der Waals surface area (Å²) in [5.41, 5.74) is 2.27. The zero-order valence-corrected chi connectivity index (χ0v) is 16.3. The van der Waals surface area contributed by atoms with Crippen LogP contribution in [0.5, 0.6) is 0 Å². The maximum Gasteiger partial charge on any atom is 0.417 e. The molecule has 4 atom stereocenters. The van der Waals surface area contributed by atoms with Crippen LogP contribution >= 0.6 is 0 Å². The SMILES string of the molecule is CC1C(c2ccc(F)c(F)c2)C(C(=O)Nc2ccnc(C(N)=O)c2)OC1(C)C(F)(F)F. The lowest BCUT2D eigenvalue weighted by molar-refractivity contribution is -0.272. The van der Waals surface area contributed by atoms with E-state index in [0.717, 1.165) is 31.2 Å². The van der Waals surface area contributed by atoms with Gasteiger partial charge in [-0.1, -0.05) is 13.0 Å². The van der Waals surface area contributed by atoms with E-state index < -0.39 is 53.2 Å². The summed E-state index contributed by atoms with van der Waals surface area (Å²) in [4.78, 5) is 27.9. The average Bonchev–Trinajstić information content (AvgIpc) is 2.96. The molecule has 2 aromatic rings. The second kappa shape index (κ2) is 7.88. The van der Waals surface area contributed by atoms with E-state index in [1.807, 2.05) is 0 Å². The zero-order chi connectivity index (χ0) is 23.1. The van der Waals surface area contributed by atoms with E-state index in [4.69, 9.17) is 10.5 Å². The van der Waals surface area contributed by atoms with Gasteiger partial charge in [0.25, 0.3) is 11.8 Å². The molecule has 166 valence electrons. The lowest BCUT2D eigenvalue weighted by Crippen LogP contribution is -2.47. The van der Waals surface area contributed by atoms with Gasteiger partial charge in [-0.25, -0.2) is 8.78 Å². The van der Waals surface area contributed by atoms with Crippen molar-refractivity contribution in [3.05, 3.63) is 59.4 Å². The molecule has 0 aliphatic carbocycles. The summed E-state index contributed by atoms with van der Waals surface area (Å²) in [5, 5.41) is 2.37. The molecule has 0 saturated carbocycles. The van der Waals surface area contributed by atoms with Gasteiger partial charge in [-0.15, -0.1) is 0 Å². The lowest BCUT2D eigenvalue weighted by atomic mass is 9.77. The monoisotopic (exact) mass is 443 g/mol. The number of carbonyl (C=O) groups is 2. The Balaban J connectivity index is 2.00. The smallest absolute Gasteiger partial charge is 0.364 e. The molecule has 0 spiro atoms. The lowest BCUT2D eigenvalue weighted by Gasteiger charge is -2.31. The highest BCUT2D eigenvalue weighted by Gasteiger charge is 2.65. The van der Waals surface area contributed by atoms with Crippen LogP contribution in [-0.2, 0) is 9.53 Å². The number of primary amides is 1. The molecular weight excluding hydrogens is 425 g/mol. The van der Waals surface area contributed by atoms with Crippen molar-refractivity contribution in [3.63, 3.8) is 0 Å². The maximum absolute atomic E-state index is 13.8. The zero-order valence-electron chi connectivity index (χ0n) is 16.3. The summed E-state index contributed by atoms with van der Waals surface area (Å²) in [6.45, 7) is 2.03. The molecule has 3 rings (SSSR count). The summed E-state index contributed by atoms with van der Waals surface area (Å²) in [6, 6.07) is 5.09. The molecule has 1 aliphatic rings. The molecule has 4 unspecified atom stereocenters. The minimum absolute atomic E-state index is 0.0212. The van der Waals surface area contributed by atoms with Crippen LogP contribution in [0.1, 0.15) is 35.8 Å². The first-order valence-electron chi connectivity index (χ1n) is 9.11. The summed E-state index contributed by atoms with van der Waals surface area (Å²) in [6.07, 6.45) is -5.34. The number of nitrogens with one attached hydrogen (secondary N) is 1. The molecule has 11 heteroatoms. The number of alkyl halides is 3. The second-order valence-corrected chi connectivity index (χ2v) is 7.41. The highest BCUT2D eigenvalue weighted by Crippen LogP contribution is 2.53. The van der Waals surface area contributed by atoms with Crippen LogP contribution in [0.3, 0.4) is 0 Å². The largest absolute Gasteiger partial charge is 0.417 e. The van der Waals surface area contributed by atoms with Crippen LogP contribution in [0.25, 0.3) is 0 Å². The van der Waals surface area contributed by atoms with E-state index in [2.05, 4.69) is 10.3 Å². The van der Waals surface area contributed by atoms with Crippen LogP contribution in [0.4, 0.5) is 27.6 Å². The van der Waals surface area contributed by atoms with Crippen molar-refractivity contribution >= 4 is 17.5 Å². The number of ether oxygens (including phenoxy) is 1. The molecule has 31 heavy (non-hydrogen) atoms. The van der Waals surface area contributed by atoms with E-state index >= 15 is 0 Å². The number of amides is 2. The van der Waals surface area contributed by atoms with Gasteiger partial charge in [-0.3, -0.25) is 14.6 Å². The van der Waals surface area contributed by atoms with Crippen molar-refractivity contribution in [2.75, 3.05) is 5.32 Å². The van der Waals surface area contributed by atoms with E-state index in [1.165, 1.54) is 19.2 Å². The van der Waals surface area contributed by atoms with Crippen LogP contribution in [0, 0.1) is 17.6 Å². The van der Waals surface area contributed by atoms with Gasteiger partial charge >= 0.3 is 6.18 Å². The van der Waals surface area contributed by atoms with Gasteiger partial charge in [0.15, 0.2) is 17.2 Å². The van der Waals surface area contributed by atoms with Crippen LogP contribution in [-0.4, -0.2) is 34.7 Å². The van der Waals surface area contributed by atoms with Gasteiger partial charge in [0.1, 0.15) is 11.8 Å². The summed E-state index contributed by atoms with van der Waals surface area (Å²) in [5.74, 6) is -6.82. The van der Waals surface area contributed by atoms with Gasteiger partial charge in [-0.05, 0) is 36.8 Å². The number of rotatable bonds is 4. The first-order valence-corrected chi connectivity index (χ1v) is 9.11. The number of hydrogen-bond donors (Lipinski definition) is 2. The number of nitrogens with two attached hydrogens (primary N) is 1. The van der Waals surface area contributed by atoms with Crippen molar-refractivity contribution in [3.8, 4) is 0 Å². The Kier molecular flexibility index (Phi) is 5.74. The third-order valence-corrected chi connectivity index (χ3v) is 5.54. The molecule has 1 fully saturated rings. The number of halogens is 5. The first-order chi connectivity index (χ1) is 14.3. The fraction of sp³-hybridized carbons (Fsp3) is 0.350. The first kappa shape index (κ1) is 22.6. The molecule has 1 saturated heterocycles. The highest BCUT2D eigenvalue weighted by molar-refractivity contribution is 5.97. The minimum atomic E-state index is -4.84. The van der Waals surface area contributed by atoms with Crippen LogP contribution in [0.15, 0.2) is 36.5 Å². The fourth-order valence-corrected chi connectivity index (χ4v) is 3.63. The number of carbonyl (C=O) groups excluding carboxylic acids is 2. The standard InChI is InChI=1S/C20H18F5N3O3/c1-9-15(10-3-4-12(21)13(22)7-10)16(31-19(9,2)20(23,24)25)18(30)28-11-5-6-27-14(8-11)17(26)29/h3-9,15-16H,1-2H3,(H2,26,29)(H,27,28,30). The molecule has 2 amide bonds. The number of hydrogen-bond acceptors (Lipinski definition) is 4. The summed E-state index contributed by atoms with van der Waals surface area (Å²) >= 11 is 0. The highest BCUT2D eigenvalue weighted by atomic mass is 19.4. The molecule has 6 nitrogen and oxygen atoms in total. The van der Waals surface area contributed by atoms with Gasteiger partial charge in [0, 0.05) is 23.7 Å². The third kappa shape index (κ3) is 4.09. The molecule has 0 radical (unpaired) electrons. The third-order valence-electron chi connectivity index (χ3n) is 5.54. The Bertz CT molecular complexity index is 1030. The molecule has 3 N–H and O–H groups in total. The maximum atomic E-state index is 13.8. The quantitative estimate of drug-likeness (QED) is 0.707. The van der Waals surface area contributed by atoms with Crippen molar-refractivity contribution < 1.29 is 36.3 Å². The molecule has 1 aliphatic heterocycles. The molecular formula is C20H18F5N3O3. The number of benzene rings is 1. The Labute approximate surface area is 173 Å². The van der Waals surface area contributed by atoms with Crippen LogP contribution < -0.4 is 11.1 Å².